The Kier molecular flexibility index (Phi) is 3.68. The average Bonchev–Trinajstić information content (AvgIpc) is 2.83. The minimum atomic E-state index is 0.160. The maximum absolute atomic E-state index is 6.20. The molecule has 114 valence electrons. The molecule has 0 radical (unpaired) electrons. The third kappa shape index (κ3) is 2.92. The lowest BCUT2D eigenvalue weighted by Crippen LogP contribution is -2.51. The van der Waals surface area contributed by atoms with Gasteiger partial charge in [0.05, 0.1) is 13.7 Å². The van der Waals surface area contributed by atoms with Crippen molar-refractivity contribution in [2.75, 3.05) is 20.2 Å². The van der Waals surface area contributed by atoms with Crippen molar-refractivity contribution >= 4 is 11.0 Å². The summed E-state index contributed by atoms with van der Waals surface area (Å²) >= 11 is 0. The van der Waals surface area contributed by atoms with E-state index in [2.05, 4.69) is 24.8 Å². The summed E-state index contributed by atoms with van der Waals surface area (Å²) in [6.07, 6.45) is 1.04. The van der Waals surface area contributed by atoms with Crippen LogP contribution in [0.1, 0.15) is 26.0 Å². The molecule has 1 atom stereocenters. The minimum Gasteiger partial charge on any atom is -0.497 e. The molecule has 1 unspecified atom stereocenters. The quantitative estimate of drug-likeness (QED) is 0.943. The highest BCUT2D eigenvalue weighted by Gasteiger charge is 2.33. The van der Waals surface area contributed by atoms with Crippen LogP contribution in [0.2, 0.25) is 0 Å². The van der Waals surface area contributed by atoms with Crippen molar-refractivity contribution in [3.8, 4) is 5.75 Å². The number of ether oxygens (including phenoxy) is 1. The van der Waals surface area contributed by atoms with Crippen molar-refractivity contribution in [3.63, 3.8) is 0 Å². The number of fused-ring (bicyclic) bond motifs is 1. The van der Waals surface area contributed by atoms with Gasteiger partial charge in [0, 0.05) is 24.5 Å². The number of piperidine rings is 1. The molecule has 0 spiro atoms. The second-order valence-corrected chi connectivity index (χ2v) is 6.71. The number of furan rings is 1. The lowest BCUT2D eigenvalue weighted by molar-refractivity contribution is 0.0849. The van der Waals surface area contributed by atoms with Crippen LogP contribution in [0.4, 0.5) is 0 Å². The first-order valence-corrected chi connectivity index (χ1v) is 7.52. The molecule has 0 bridgehead atoms. The molecule has 0 saturated carbocycles. The SMILES string of the molecule is COc1ccc2oc(CN3CCC(N)C(C)(C)C3)cc2c1. The third-order valence-corrected chi connectivity index (χ3v) is 4.55. The van der Waals surface area contributed by atoms with Crippen molar-refractivity contribution < 1.29 is 9.15 Å². The Bertz CT molecular complexity index is 633. The number of likely N-dealkylation sites (tertiary alicyclic amines) is 1. The van der Waals surface area contributed by atoms with Crippen molar-refractivity contribution in [2.24, 2.45) is 11.1 Å². The summed E-state index contributed by atoms with van der Waals surface area (Å²) in [5.74, 6) is 1.87. The second kappa shape index (κ2) is 5.35. The van der Waals surface area contributed by atoms with Gasteiger partial charge in [-0.15, -0.1) is 0 Å². The number of benzene rings is 1. The molecular formula is C17H24N2O2. The molecule has 3 rings (SSSR count). The number of nitrogens with zero attached hydrogens (tertiary/aromatic N) is 1. The molecule has 1 aliphatic rings. The molecule has 4 heteroatoms. The monoisotopic (exact) mass is 288 g/mol. The maximum Gasteiger partial charge on any atom is 0.134 e. The molecule has 1 fully saturated rings. The zero-order chi connectivity index (χ0) is 15.0. The molecular weight excluding hydrogens is 264 g/mol. The van der Waals surface area contributed by atoms with Crippen molar-refractivity contribution in [3.05, 3.63) is 30.0 Å². The molecule has 0 amide bonds. The smallest absolute Gasteiger partial charge is 0.134 e. The maximum atomic E-state index is 6.20. The first kappa shape index (κ1) is 14.4. The second-order valence-electron chi connectivity index (χ2n) is 6.71. The van der Waals surface area contributed by atoms with Crippen LogP contribution < -0.4 is 10.5 Å². The average molecular weight is 288 g/mol. The Hall–Kier alpha value is -1.52. The highest BCUT2D eigenvalue weighted by molar-refractivity contribution is 5.79. The van der Waals surface area contributed by atoms with Gasteiger partial charge in [-0.3, -0.25) is 4.90 Å². The van der Waals surface area contributed by atoms with Crippen LogP contribution in [0.3, 0.4) is 0 Å². The Labute approximate surface area is 125 Å². The zero-order valence-electron chi connectivity index (χ0n) is 13.1. The molecule has 2 N–H and O–H groups in total. The van der Waals surface area contributed by atoms with E-state index >= 15 is 0 Å². The Morgan fingerprint density at radius 2 is 2.19 bits per heavy atom. The summed E-state index contributed by atoms with van der Waals surface area (Å²) in [7, 11) is 1.68. The number of nitrogens with two attached hydrogens (primary N) is 1. The molecule has 2 heterocycles. The normalized spacial score (nSPS) is 22.6. The summed E-state index contributed by atoms with van der Waals surface area (Å²) in [6, 6.07) is 8.30. The van der Waals surface area contributed by atoms with E-state index in [1.807, 2.05) is 18.2 Å². The van der Waals surface area contributed by atoms with Gasteiger partial charge in [-0.2, -0.15) is 0 Å². The molecule has 2 aromatic rings. The topological polar surface area (TPSA) is 51.6 Å². The molecule has 1 saturated heterocycles. The van der Waals surface area contributed by atoms with E-state index in [0.29, 0.717) is 0 Å². The van der Waals surface area contributed by atoms with Crippen molar-refractivity contribution in [1.29, 1.82) is 0 Å². The van der Waals surface area contributed by atoms with Gasteiger partial charge in [-0.25, -0.2) is 0 Å². The van der Waals surface area contributed by atoms with E-state index < -0.39 is 0 Å². The molecule has 4 nitrogen and oxygen atoms in total. The standard InChI is InChI=1S/C17H24N2O2/c1-17(2)11-19(7-6-16(17)18)10-14-9-12-8-13(20-3)4-5-15(12)21-14/h4-5,8-9,16H,6-7,10-11,18H2,1-3H3. The fourth-order valence-electron chi connectivity index (χ4n) is 3.12. The predicted octanol–water partition coefficient (Wildman–Crippen LogP) is 3.00. The largest absolute Gasteiger partial charge is 0.497 e. The number of hydrogen-bond acceptors (Lipinski definition) is 4. The third-order valence-electron chi connectivity index (χ3n) is 4.55. The molecule has 1 aromatic carbocycles. The molecule has 21 heavy (non-hydrogen) atoms. The van der Waals surface area contributed by atoms with Crippen LogP contribution in [0.25, 0.3) is 11.0 Å². The van der Waals surface area contributed by atoms with Crippen LogP contribution in [-0.2, 0) is 6.54 Å². The fourth-order valence-corrected chi connectivity index (χ4v) is 3.12. The summed E-state index contributed by atoms with van der Waals surface area (Å²) in [5.41, 5.74) is 7.27. The van der Waals surface area contributed by atoms with E-state index in [0.717, 1.165) is 48.5 Å². The van der Waals surface area contributed by atoms with Gasteiger partial charge in [-0.05, 0) is 36.1 Å². The predicted molar refractivity (Wildman–Crippen MR) is 84.4 cm³/mol. The van der Waals surface area contributed by atoms with Gasteiger partial charge in [0.15, 0.2) is 0 Å². The first-order valence-electron chi connectivity index (χ1n) is 7.52. The summed E-state index contributed by atoms with van der Waals surface area (Å²) in [6.45, 7) is 7.37. The van der Waals surface area contributed by atoms with Crippen LogP contribution in [0, 0.1) is 5.41 Å². The van der Waals surface area contributed by atoms with E-state index in [-0.39, 0.29) is 11.5 Å². The van der Waals surface area contributed by atoms with Gasteiger partial charge in [0.1, 0.15) is 17.1 Å². The zero-order valence-corrected chi connectivity index (χ0v) is 13.1. The summed E-state index contributed by atoms with van der Waals surface area (Å²) in [5, 5.41) is 1.09. The summed E-state index contributed by atoms with van der Waals surface area (Å²) < 4.78 is 11.2. The minimum absolute atomic E-state index is 0.160. The Balaban J connectivity index is 1.76. The van der Waals surface area contributed by atoms with Gasteiger partial charge in [0.25, 0.3) is 0 Å². The molecule has 0 aliphatic carbocycles. The van der Waals surface area contributed by atoms with Crippen LogP contribution >= 0.6 is 0 Å². The first-order chi connectivity index (χ1) is 9.98. The van der Waals surface area contributed by atoms with Crippen molar-refractivity contribution in [2.45, 2.75) is 32.9 Å². The van der Waals surface area contributed by atoms with E-state index in [1.165, 1.54) is 0 Å². The van der Waals surface area contributed by atoms with Crippen LogP contribution in [0.5, 0.6) is 5.75 Å². The van der Waals surface area contributed by atoms with E-state index in [9.17, 15) is 0 Å². The van der Waals surface area contributed by atoms with Crippen LogP contribution in [-0.4, -0.2) is 31.1 Å². The fraction of sp³-hybridized carbons (Fsp3) is 0.529. The van der Waals surface area contributed by atoms with Crippen molar-refractivity contribution in [1.82, 2.24) is 4.90 Å². The Morgan fingerprint density at radius 1 is 1.38 bits per heavy atom. The molecule has 1 aromatic heterocycles. The van der Waals surface area contributed by atoms with Gasteiger partial charge in [-0.1, -0.05) is 13.8 Å². The lowest BCUT2D eigenvalue weighted by Gasteiger charge is -2.42. The lowest BCUT2D eigenvalue weighted by atomic mass is 9.80. The van der Waals surface area contributed by atoms with Gasteiger partial charge in [0.2, 0.25) is 0 Å². The highest BCUT2D eigenvalue weighted by atomic mass is 16.5. The molecule has 1 aliphatic heterocycles. The van der Waals surface area contributed by atoms with Crippen LogP contribution in [0.15, 0.2) is 28.7 Å². The Morgan fingerprint density at radius 3 is 2.90 bits per heavy atom. The van der Waals surface area contributed by atoms with E-state index in [4.69, 9.17) is 14.9 Å². The summed E-state index contributed by atoms with van der Waals surface area (Å²) in [4.78, 5) is 2.43. The number of methoxy groups -OCH3 is 1. The van der Waals surface area contributed by atoms with E-state index in [1.54, 1.807) is 7.11 Å². The van der Waals surface area contributed by atoms with Gasteiger partial charge < -0.3 is 14.9 Å². The number of rotatable bonds is 3. The highest BCUT2D eigenvalue weighted by Crippen LogP contribution is 2.30. The van der Waals surface area contributed by atoms with Gasteiger partial charge >= 0.3 is 0 Å². The number of hydrogen-bond donors (Lipinski definition) is 1.